The topological polar surface area (TPSA) is 80.7 Å². The van der Waals surface area contributed by atoms with Gasteiger partial charge in [-0.1, -0.05) is 0 Å². The second-order valence-electron chi connectivity index (χ2n) is 7.44. The van der Waals surface area contributed by atoms with Gasteiger partial charge in [-0.25, -0.2) is 4.98 Å². The third-order valence-corrected chi connectivity index (χ3v) is 5.17. The fourth-order valence-corrected chi connectivity index (χ4v) is 3.37. The molecule has 2 N–H and O–H groups in total. The van der Waals surface area contributed by atoms with Gasteiger partial charge in [-0.3, -0.25) is 4.79 Å². The summed E-state index contributed by atoms with van der Waals surface area (Å²) >= 11 is 0. The monoisotopic (exact) mass is 370 g/mol. The molecule has 0 aliphatic carbocycles. The van der Waals surface area contributed by atoms with E-state index >= 15 is 0 Å². The number of aromatic nitrogens is 1. The number of carbonyl (C=O) groups excluding carboxylic acids is 1. The van der Waals surface area contributed by atoms with E-state index in [1.165, 1.54) is 6.92 Å². The van der Waals surface area contributed by atoms with Crippen molar-refractivity contribution >= 4 is 11.6 Å². The Morgan fingerprint density at radius 1 is 1.30 bits per heavy atom. The van der Waals surface area contributed by atoms with E-state index in [4.69, 9.17) is 9.47 Å². The van der Waals surface area contributed by atoms with Crippen LogP contribution in [0.4, 0.5) is 5.69 Å². The molecule has 144 valence electrons. The highest BCUT2D eigenvalue weighted by Crippen LogP contribution is 2.43. The molecule has 1 aromatic heterocycles. The predicted octanol–water partition coefficient (Wildman–Crippen LogP) is 3.83. The zero-order valence-corrected chi connectivity index (χ0v) is 16.5. The number of benzene rings is 1. The maximum Gasteiger partial charge on any atom is 0.221 e. The predicted molar refractivity (Wildman–Crippen MR) is 104 cm³/mol. The van der Waals surface area contributed by atoms with Crippen LogP contribution in [0.5, 0.6) is 17.4 Å². The van der Waals surface area contributed by atoms with Crippen molar-refractivity contribution in [1.82, 2.24) is 4.98 Å². The van der Waals surface area contributed by atoms with E-state index in [1.807, 2.05) is 27.7 Å². The highest BCUT2D eigenvalue weighted by atomic mass is 16.5. The van der Waals surface area contributed by atoms with Gasteiger partial charge in [0.05, 0.1) is 11.9 Å². The molecule has 0 saturated carbocycles. The molecule has 0 spiro atoms. The second-order valence-corrected chi connectivity index (χ2v) is 7.44. The van der Waals surface area contributed by atoms with E-state index in [9.17, 15) is 9.90 Å². The minimum absolute atomic E-state index is 0.140. The van der Waals surface area contributed by atoms with E-state index in [2.05, 4.69) is 10.3 Å². The summed E-state index contributed by atoms with van der Waals surface area (Å²) in [5, 5.41) is 13.0. The van der Waals surface area contributed by atoms with Crippen molar-refractivity contribution in [3.63, 3.8) is 0 Å². The van der Waals surface area contributed by atoms with Gasteiger partial charge in [0.25, 0.3) is 0 Å². The van der Waals surface area contributed by atoms with Crippen LogP contribution >= 0.6 is 0 Å². The first-order chi connectivity index (χ1) is 12.7. The summed E-state index contributed by atoms with van der Waals surface area (Å²) in [5.74, 6) is 1.56. The number of nitrogens with one attached hydrogen (secondary N) is 1. The third-order valence-electron chi connectivity index (χ3n) is 5.17. The minimum Gasteiger partial charge on any atom is -0.507 e. The quantitative estimate of drug-likeness (QED) is 0.855. The van der Waals surface area contributed by atoms with Crippen LogP contribution in [0.2, 0.25) is 0 Å². The average Bonchev–Trinajstić information content (AvgIpc) is 2.64. The molecule has 1 unspecified atom stereocenters. The molecule has 1 aliphatic heterocycles. The van der Waals surface area contributed by atoms with Gasteiger partial charge in [0, 0.05) is 18.6 Å². The highest BCUT2D eigenvalue weighted by molar-refractivity contribution is 5.88. The number of nitrogens with zero attached hydrogens (tertiary/aromatic N) is 1. The average molecular weight is 370 g/mol. The normalized spacial score (nSPS) is 18.4. The van der Waals surface area contributed by atoms with Crippen molar-refractivity contribution in [1.29, 1.82) is 0 Å². The maximum absolute atomic E-state index is 11.1. The van der Waals surface area contributed by atoms with Crippen LogP contribution in [-0.4, -0.2) is 28.2 Å². The lowest BCUT2D eigenvalue weighted by Crippen LogP contribution is -2.42. The SMILES string of the molecule is CC(=O)Nc1ccc(OCC2(C)CCc3c(C)c(O)c(C)c(C)c3O2)nc1. The number of phenols is 1. The molecule has 27 heavy (non-hydrogen) atoms. The fraction of sp³-hybridized carbons (Fsp3) is 0.429. The molecule has 0 fully saturated rings. The van der Waals surface area contributed by atoms with Gasteiger partial charge in [0.15, 0.2) is 0 Å². The number of carbonyl (C=O) groups is 1. The highest BCUT2D eigenvalue weighted by Gasteiger charge is 2.35. The molecule has 1 aliphatic rings. The van der Waals surface area contributed by atoms with Gasteiger partial charge < -0.3 is 19.9 Å². The van der Waals surface area contributed by atoms with Crippen LogP contribution in [0.3, 0.4) is 0 Å². The number of hydrogen-bond acceptors (Lipinski definition) is 5. The Morgan fingerprint density at radius 2 is 2.04 bits per heavy atom. The first kappa shape index (κ1) is 19.0. The third kappa shape index (κ3) is 3.84. The van der Waals surface area contributed by atoms with Crippen LogP contribution < -0.4 is 14.8 Å². The first-order valence-corrected chi connectivity index (χ1v) is 9.07. The molecule has 1 aromatic carbocycles. The molecular formula is C21H26N2O4. The molecule has 3 rings (SSSR count). The summed E-state index contributed by atoms with van der Waals surface area (Å²) in [7, 11) is 0. The molecule has 0 radical (unpaired) electrons. The Bertz CT molecular complexity index is 877. The molecule has 6 heteroatoms. The standard InChI is InChI=1S/C21H26N2O4/c1-12-13(2)20-17(14(3)19(12)25)8-9-21(5,27-20)11-26-18-7-6-16(10-22-18)23-15(4)24/h6-7,10,25H,8-9,11H2,1-5H3,(H,23,24). The van der Waals surface area contributed by atoms with E-state index in [0.717, 1.165) is 40.8 Å². The lowest BCUT2D eigenvalue weighted by Gasteiger charge is -2.37. The minimum atomic E-state index is -0.481. The second kappa shape index (κ2) is 7.10. The smallest absolute Gasteiger partial charge is 0.221 e. The molecular weight excluding hydrogens is 344 g/mol. The Kier molecular flexibility index (Phi) is 5.00. The van der Waals surface area contributed by atoms with Crippen LogP contribution in [0.1, 0.15) is 42.5 Å². The van der Waals surface area contributed by atoms with E-state index in [-0.39, 0.29) is 5.91 Å². The molecule has 1 atom stereocenters. The molecule has 1 amide bonds. The van der Waals surface area contributed by atoms with Gasteiger partial charge in [0.2, 0.25) is 11.8 Å². The number of aromatic hydroxyl groups is 1. The number of anilines is 1. The Labute approximate surface area is 159 Å². The number of amides is 1. The van der Waals surface area contributed by atoms with E-state index in [0.29, 0.717) is 23.9 Å². The van der Waals surface area contributed by atoms with Crippen LogP contribution in [0, 0.1) is 20.8 Å². The number of hydrogen-bond donors (Lipinski definition) is 2. The van der Waals surface area contributed by atoms with Crippen molar-refractivity contribution < 1.29 is 19.4 Å². The van der Waals surface area contributed by atoms with Gasteiger partial charge in [-0.15, -0.1) is 0 Å². The van der Waals surface area contributed by atoms with Crippen LogP contribution in [0.25, 0.3) is 0 Å². The summed E-state index contributed by atoms with van der Waals surface area (Å²) in [4.78, 5) is 15.3. The largest absolute Gasteiger partial charge is 0.507 e. The van der Waals surface area contributed by atoms with Crippen molar-refractivity contribution in [3.8, 4) is 17.4 Å². The van der Waals surface area contributed by atoms with Gasteiger partial charge in [0.1, 0.15) is 23.7 Å². The zero-order chi connectivity index (χ0) is 19.8. The summed E-state index contributed by atoms with van der Waals surface area (Å²) in [5.41, 5.74) is 3.94. The fourth-order valence-electron chi connectivity index (χ4n) is 3.37. The molecule has 6 nitrogen and oxygen atoms in total. The lowest BCUT2D eigenvalue weighted by molar-refractivity contribution is -0.114. The number of ether oxygens (including phenoxy) is 2. The Hall–Kier alpha value is -2.76. The van der Waals surface area contributed by atoms with Gasteiger partial charge >= 0.3 is 0 Å². The summed E-state index contributed by atoms with van der Waals surface area (Å²) < 4.78 is 12.2. The van der Waals surface area contributed by atoms with Crippen molar-refractivity contribution in [2.45, 2.75) is 53.1 Å². The Balaban J connectivity index is 1.73. The Morgan fingerprint density at radius 3 is 2.67 bits per heavy atom. The molecule has 0 bridgehead atoms. The van der Waals surface area contributed by atoms with Gasteiger partial charge in [-0.05, 0) is 63.3 Å². The van der Waals surface area contributed by atoms with Crippen molar-refractivity contribution in [3.05, 3.63) is 40.6 Å². The molecule has 2 heterocycles. The number of phenolic OH excluding ortho intramolecular Hbond substituents is 1. The molecule has 2 aromatic rings. The maximum atomic E-state index is 11.1. The first-order valence-electron chi connectivity index (χ1n) is 9.07. The summed E-state index contributed by atoms with van der Waals surface area (Å²) in [6.07, 6.45) is 3.17. The summed E-state index contributed by atoms with van der Waals surface area (Å²) in [6, 6.07) is 3.48. The number of pyridine rings is 1. The van der Waals surface area contributed by atoms with Crippen LogP contribution in [0.15, 0.2) is 18.3 Å². The van der Waals surface area contributed by atoms with Crippen LogP contribution in [-0.2, 0) is 11.2 Å². The lowest BCUT2D eigenvalue weighted by atomic mass is 9.87. The molecule has 0 saturated heterocycles. The zero-order valence-electron chi connectivity index (χ0n) is 16.5. The van der Waals surface area contributed by atoms with Gasteiger partial charge in [-0.2, -0.15) is 0 Å². The van der Waals surface area contributed by atoms with Crippen molar-refractivity contribution in [2.75, 3.05) is 11.9 Å². The van der Waals surface area contributed by atoms with Crippen molar-refractivity contribution in [2.24, 2.45) is 0 Å². The van der Waals surface area contributed by atoms with E-state index < -0.39 is 5.60 Å². The number of rotatable bonds is 4. The summed E-state index contributed by atoms with van der Waals surface area (Å²) in [6.45, 7) is 9.65. The van der Waals surface area contributed by atoms with E-state index in [1.54, 1.807) is 18.3 Å². The number of fused-ring (bicyclic) bond motifs is 1.